The van der Waals surface area contributed by atoms with Gasteiger partial charge in [-0.15, -0.1) is 0 Å². The summed E-state index contributed by atoms with van der Waals surface area (Å²) in [6, 6.07) is 15.1. The van der Waals surface area contributed by atoms with Crippen LogP contribution in [-0.2, 0) is 11.3 Å². The first kappa shape index (κ1) is 25.5. The lowest BCUT2D eigenvalue weighted by molar-refractivity contribution is -0.133. The molecular formula is C28H28F2N6O2. The van der Waals surface area contributed by atoms with Gasteiger partial charge in [0.1, 0.15) is 24.0 Å². The number of aromatic nitrogens is 3. The van der Waals surface area contributed by atoms with Crippen LogP contribution in [0.25, 0.3) is 22.5 Å². The number of carbonyl (C=O) groups is 1. The predicted molar refractivity (Wildman–Crippen MR) is 140 cm³/mol. The Morgan fingerprint density at radius 1 is 0.947 bits per heavy atom. The largest absolute Gasteiger partial charge is 0.369 e. The molecule has 38 heavy (non-hydrogen) atoms. The summed E-state index contributed by atoms with van der Waals surface area (Å²) in [6.07, 6.45) is 2.09. The Kier molecular flexibility index (Phi) is 7.43. The minimum absolute atomic E-state index is 0.0125. The second-order valence-corrected chi connectivity index (χ2v) is 9.29. The van der Waals surface area contributed by atoms with Crippen LogP contribution in [0.5, 0.6) is 0 Å². The first-order valence-corrected chi connectivity index (χ1v) is 12.3. The fraction of sp³-hybridized carbons (Fsp3) is 0.250. The van der Waals surface area contributed by atoms with Crippen molar-refractivity contribution in [2.75, 3.05) is 38.5 Å². The summed E-state index contributed by atoms with van der Waals surface area (Å²) in [6.45, 7) is 3.05. The molecule has 1 aliphatic heterocycles. The zero-order valence-corrected chi connectivity index (χ0v) is 20.9. The standard InChI is InChI=1S/C28H28F2N6O2/c1-34-12-14-35(15-13-34)25(37)17-36-18-32-26(19-2-6-22(29)7-3-19)27(36)21-10-11-31-24(16-21)33-28(38)20-4-8-23(30)9-5-20/h2-11,16,18,28,38H,12-15,17H2,1H3,(H,31,33). The Balaban J connectivity index is 1.47. The van der Waals surface area contributed by atoms with Crippen LogP contribution in [0.1, 0.15) is 11.8 Å². The molecule has 0 radical (unpaired) electrons. The summed E-state index contributed by atoms with van der Waals surface area (Å²) in [5, 5.41) is 13.5. The van der Waals surface area contributed by atoms with E-state index in [0.29, 0.717) is 47.0 Å². The van der Waals surface area contributed by atoms with E-state index in [1.807, 2.05) is 11.9 Å². The molecule has 196 valence electrons. The summed E-state index contributed by atoms with van der Waals surface area (Å²) in [4.78, 5) is 26.1. The van der Waals surface area contributed by atoms with Crippen LogP contribution in [-0.4, -0.2) is 68.6 Å². The lowest BCUT2D eigenvalue weighted by atomic mass is 10.1. The van der Waals surface area contributed by atoms with Gasteiger partial charge in [-0.1, -0.05) is 12.1 Å². The van der Waals surface area contributed by atoms with Gasteiger partial charge in [0.25, 0.3) is 0 Å². The summed E-state index contributed by atoms with van der Waals surface area (Å²) < 4.78 is 28.7. The van der Waals surface area contributed by atoms with E-state index >= 15 is 0 Å². The highest BCUT2D eigenvalue weighted by Crippen LogP contribution is 2.33. The Bertz CT molecular complexity index is 1400. The molecule has 0 aliphatic carbocycles. The van der Waals surface area contributed by atoms with Gasteiger partial charge in [0.05, 0.1) is 17.7 Å². The fourth-order valence-corrected chi connectivity index (χ4v) is 4.45. The normalized spacial score (nSPS) is 14.9. The van der Waals surface area contributed by atoms with E-state index < -0.39 is 12.0 Å². The van der Waals surface area contributed by atoms with Gasteiger partial charge in [0, 0.05) is 49.1 Å². The molecule has 2 aromatic carbocycles. The molecule has 10 heteroatoms. The molecule has 5 rings (SSSR count). The number of halogens is 2. The molecule has 1 atom stereocenters. The van der Waals surface area contributed by atoms with Crippen LogP contribution in [0, 0.1) is 11.6 Å². The van der Waals surface area contributed by atoms with Crippen molar-refractivity contribution in [1.82, 2.24) is 24.3 Å². The third-order valence-corrected chi connectivity index (χ3v) is 6.62. The Labute approximate surface area is 219 Å². The maximum atomic E-state index is 13.6. The van der Waals surface area contributed by atoms with Crippen LogP contribution >= 0.6 is 0 Å². The van der Waals surface area contributed by atoms with Crippen molar-refractivity contribution >= 4 is 11.7 Å². The molecule has 1 unspecified atom stereocenters. The van der Waals surface area contributed by atoms with E-state index in [0.717, 1.165) is 13.1 Å². The number of aliphatic hydroxyl groups is 1. The molecular weight excluding hydrogens is 490 g/mol. The Morgan fingerprint density at radius 3 is 2.29 bits per heavy atom. The second kappa shape index (κ2) is 11.1. The summed E-state index contributed by atoms with van der Waals surface area (Å²) >= 11 is 0. The minimum Gasteiger partial charge on any atom is -0.369 e. The van der Waals surface area contributed by atoms with Gasteiger partial charge in [0.15, 0.2) is 6.23 Å². The summed E-state index contributed by atoms with van der Waals surface area (Å²) in [5.74, 6) is -0.386. The van der Waals surface area contributed by atoms with Gasteiger partial charge in [-0.3, -0.25) is 4.79 Å². The van der Waals surface area contributed by atoms with Crippen molar-refractivity contribution in [1.29, 1.82) is 0 Å². The number of anilines is 1. The second-order valence-electron chi connectivity index (χ2n) is 9.29. The van der Waals surface area contributed by atoms with E-state index in [4.69, 9.17) is 0 Å². The Morgan fingerprint density at radius 2 is 1.61 bits per heavy atom. The number of hydrogen-bond donors (Lipinski definition) is 2. The van der Waals surface area contributed by atoms with E-state index in [1.54, 1.807) is 41.4 Å². The number of imidazole rings is 1. The number of nitrogens with zero attached hydrogens (tertiary/aromatic N) is 5. The summed E-state index contributed by atoms with van der Waals surface area (Å²) in [7, 11) is 2.03. The SMILES string of the molecule is CN1CCN(C(=O)Cn2cnc(-c3ccc(F)cc3)c2-c2ccnc(NC(O)c3ccc(F)cc3)c2)CC1. The van der Waals surface area contributed by atoms with Crippen LogP contribution in [0.2, 0.25) is 0 Å². The number of piperazine rings is 1. The number of likely N-dealkylation sites (N-methyl/N-ethyl adjacent to an activating group) is 1. The first-order chi connectivity index (χ1) is 18.4. The third kappa shape index (κ3) is 5.71. The smallest absolute Gasteiger partial charge is 0.242 e. The molecule has 8 nitrogen and oxygen atoms in total. The lowest BCUT2D eigenvalue weighted by Crippen LogP contribution is -2.48. The first-order valence-electron chi connectivity index (χ1n) is 12.3. The van der Waals surface area contributed by atoms with Crippen LogP contribution in [0.15, 0.2) is 73.2 Å². The van der Waals surface area contributed by atoms with E-state index in [-0.39, 0.29) is 18.3 Å². The monoisotopic (exact) mass is 518 g/mol. The van der Waals surface area contributed by atoms with Crippen molar-refractivity contribution < 1.29 is 18.7 Å². The van der Waals surface area contributed by atoms with Gasteiger partial charge in [-0.05, 0) is 55.6 Å². The number of nitrogens with one attached hydrogen (secondary N) is 1. The van der Waals surface area contributed by atoms with Gasteiger partial charge in [0.2, 0.25) is 5.91 Å². The molecule has 0 spiro atoms. The number of rotatable bonds is 7. The highest BCUT2D eigenvalue weighted by Gasteiger charge is 2.23. The topological polar surface area (TPSA) is 86.5 Å². The zero-order valence-electron chi connectivity index (χ0n) is 20.9. The fourth-order valence-electron chi connectivity index (χ4n) is 4.45. The van der Waals surface area contributed by atoms with Gasteiger partial charge in [-0.25, -0.2) is 18.7 Å². The number of aliphatic hydroxyl groups excluding tert-OH is 1. The third-order valence-electron chi connectivity index (χ3n) is 6.62. The predicted octanol–water partition coefficient (Wildman–Crippen LogP) is 3.77. The number of amides is 1. The molecule has 4 aromatic rings. The van der Waals surface area contributed by atoms with Crippen LogP contribution < -0.4 is 5.32 Å². The van der Waals surface area contributed by atoms with Crippen molar-refractivity contribution in [2.45, 2.75) is 12.8 Å². The van der Waals surface area contributed by atoms with E-state index in [2.05, 4.69) is 20.2 Å². The highest BCUT2D eigenvalue weighted by atomic mass is 19.1. The van der Waals surface area contributed by atoms with Crippen molar-refractivity contribution in [3.05, 3.63) is 90.4 Å². The molecule has 0 saturated carbocycles. The number of benzene rings is 2. The van der Waals surface area contributed by atoms with Crippen LogP contribution in [0.3, 0.4) is 0 Å². The average molecular weight is 519 g/mol. The number of carbonyl (C=O) groups excluding carboxylic acids is 1. The maximum absolute atomic E-state index is 13.6. The molecule has 3 heterocycles. The molecule has 1 fully saturated rings. The molecule has 2 N–H and O–H groups in total. The molecule has 0 bridgehead atoms. The summed E-state index contributed by atoms with van der Waals surface area (Å²) in [5.41, 5.74) is 3.14. The molecule has 2 aromatic heterocycles. The van der Waals surface area contributed by atoms with E-state index in [1.165, 1.54) is 36.4 Å². The maximum Gasteiger partial charge on any atom is 0.242 e. The quantitative estimate of drug-likeness (QED) is 0.363. The number of hydrogen-bond acceptors (Lipinski definition) is 6. The van der Waals surface area contributed by atoms with Crippen molar-refractivity contribution in [2.24, 2.45) is 0 Å². The van der Waals surface area contributed by atoms with Gasteiger partial charge >= 0.3 is 0 Å². The average Bonchev–Trinajstić information content (AvgIpc) is 3.33. The van der Waals surface area contributed by atoms with Crippen LogP contribution in [0.4, 0.5) is 14.6 Å². The molecule has 1 saturated heterocycles. The molecule has 1 amide bonds. The number of pyridine rings is 1. The van der Waals surface area contributed by atoms with Crippen molar-refractivity contribution in [3.8, 4) is 22.5 Å². The van der Waals surface area contributed by atoms with Gasteiger partial charge in [-0.2, -0.15) is 0 Å². The Hall–Kier alpha value is -4.15. The van der Waals surface area contributed by atoms with Gasteiger partial charge < -0.3 is 24.8 Å². The zero-order chi connectivity index (χ0) is 26.6. The van der Waals surface area contributed by atoms with Crippen molar-refractivity contribution in [3.63, 3.8) is 0 Å². The van der Waals surface area contributed by atoms with E-state index in [9.17, 15) is 18.7 Å². The molecule has 1 aliphatic rings. The minimum atomic E-state index is -1.11. The highest BCUT2D eigenvalue weighted by molar-refractivity contribution is 5.82. The lowest BCUT2D eigenvalue weighted by Gasteiger charge is -2.32.